The van der Waals surface area contributed by atoms with Crippen LogP contribution in [0.5, 0.6) is 0 Å². The van der Waals surface area contributed by atoms with E-state index in [0.717, 1.165) is 16.8 Å². The molecule has 1 amide bonds. The number of hydrogen-bond donors (Lipinski definition) is 2. The van der Waals surface area contributed by atoms with Crippen LogP contribution in [0, 0.1) is 13.8 Å². The summed E-state index contributed by atoms with van der Waals surface area (Å²) in [5, 5.41) is 12.7. The lowest BCUT2D eigenvalue weighted by Gasteiger charge is -2.38. The minimum absolute atomic E-state index is 0.164. The van der Waals surface area contributed by atoms with Crippen molar-refractivity contribution in [2.75, 3.05) is 10.2 Å². The molecule has 5 heteroatoms. The van der Waals surface area contributed by atoms with Gasteiger partial charge < -0.3 is 10.4 Å². The summed E-state index contributed by atoms with van der Waals surface area (Å²) < 4.78 is 0. The summed E-state index contributed by atoms with van der Waals surface area (Å²) in [6, 6.07) is 2.69. The number of fused-ring (bicyclic) bond motifs is 1. The summed E-state index contributed by atoms with van der Waals surface area (Å²) >= 11 is 0. The molecule has 0 saturated carbocycles. The molecular weight excluding hydrogens is 268 g/mol. The third-order valence-electron chi connectivity index (χ3n) is 4.13. The highest BCUT2D eigenvalue weighted by Gasteiger charge is 2.38. The molecule has 2 N–H and O–H groups in total. The van der Waals surface area contributed by atoms with Crippen molar-refractivity contribution in [3.63, 3.8) is 0 Å². The first-order valence-corrected chi connectivity index (χ1v) is 7.34. The Kier molecular flexibility index (Phi) is 4.21. The van der Waals surface area contributed by atoms with Crippen LogP contribution in [0.1, 0.15) is 37.8 Å². The van der Waals surface area contributed by atoms with Gasteiger partial charge in [-0.3, -0.25) is 9.69 Å². The van der Waals surface area contributed by atoms with E-state index < -0.39 is 12.0 Å². The number of hydrogen-bond acceptors (Lipinski definition) is 3. The summed E-state index contributed by atoms with van der Waals surface area (Å²) in [7, 11) is 0. The molecule has 21 heavy (non-hydrogen) atoms. The molecule has 2 unspecified atom stereocenters. The molecule has 114 valence electrons. The van der Waals surface area contributed by atoms with Crippen LogP contribution in [-0.2, 0) is 9.59 Å². The SMILES string of the molecule is CCC1Nc2cc(C)c(C)cc2N(C(CC)C(=O)O)C1=O. The van der Waals surface area contributed by atoms with Gasteiger partial charge in [0.25, 0.3) is 0 Å². The van der Waals surface area contributed by atoms with Gasteiger partial charge in [-0.25, -0.2) is 4.79 Å². The number of rotatable bonds is 4. The molecule has 0 aromatic heterocycles. The van der Waals surface area contributed by atoms with Crippen LogP contribution in [0.2, 0.25) is 0 Å². The third kappa shape index (κ3) is 2.60. The minimum atomic E-state index is -0.966. The first-order valence-electron chi connectivity index (χ1n) is 7.34. The summed E-state index contributed by atoms with van der Waals surface area (Å²) in [5.41, 5.74) is 3.67. The summed E-state index contributed by atoms with van der Waals surface area (Å²) in [6.07, 6.45) is 1.00. The van der Waals surface area contributed by atoms with E-state index in [1.165, 1.54) is 4.90 Å². The third-order valence-corrected chi connectivity index (χ3v) is 4.13. The van der Waals surface area contributed by atoms with Crippen LogP contribution in [0.3, 0.4) is 0 Å². The molecule has 2 atom stereocenters. The number of carbonyl (C=O) groups is 2. The summed E-state index contributed by atoms with van der Waals surface area (Å²) in [6.45, 7) is 7.68. The van der Waals surface area contributed by atoms with E-state index in [9.17, 15) is 14.7 Å². The van der Waals surface area contributed by atoms with Gasteiger partial charge in [-0.15, -0.1) is 0 Å². The van der Waals surface area contributed by atoms with Crippen LogP contribution in [0.25, 0.3) is 0 Å². The number of carboxylic acid groups (broad SMARTS) is 1. The molecular formula is C16H22N2O3. The lowest BCUT2D eigenvalue weighted by Crippen LogP contribution is -2.54. The molecule has 0 spiro atoms. The van der Waals surface area contributed by atoms with Gasteiger partial charge in [0.15, 0.2) is 0 Å². The minimum Gasteiger partial charge on any atom is -0.480 e. The number of aliphatic carboxylic acids is 1. The van der Waals surface area contributed by atoms with E-state index in [4.69, 9.17) is 0 Å². The number of carboxylic acids is 1. The average molecular weight is 290 g/mol. The van der Waals surface area contributed by atoms with Crippen LogP contribution in [0.15, 0.2) is 12.1 Å². The zero-order valence-corrected chi connectivity index (χ0v) is 12.9. The van der Waals surface area contributed by atoms with Gasteiger partial charge in [0.1, 0.15) is 12.1 Å². The number of anilines is 2. The molecule has 2 rings (SSSR count). The molecule has 1 aliphatic heterocycles. The molecule has 0 bridgehead atoms. The molecule has 1 aliphatic rings. The van der Waals surface area contributed by atoms with Gasteiger partial charge in [-0.1, -0.05) is 13.8 Å². The van der Waals surface area contributed by atoms with E-state index in [1.807, 2.05) is 32.9 Å². The molecule has 0 saturated heterocycles. The Morgan fingerprint density at radius 2 is 1.95 bits per heavy atom. The van der Waals surface area contributed by atoms with Crippen molar-refractivity contribution in [2.45, 2.75) is 52.6 Å². The van der Waals surface area contributed by atoms with Crippen molar-refractivity contribution in [2.24, 2.45) is 0 Å². The highest BCUT2D eigenvalue weighted by molar-refractivity contribution is 6.08. The number of aryl methyl sites for hydroxylation is 2. The van der Waals surface area contributed by atoms with Crippen molar-refractivity contribution in [3.8, 4) is 0 Å². The second-order valence-electron chi connectivity index (χ2n) is 5.53. The lowest BCUT2D eigenvalue weighted by molar-refractivity contribution is -0.140. The fraction of sp³-hybridized carbons (Fsp3) is 0.500. The predicted octanol–water partition coefficient (Wildman–Crippen LogP) is 2.70. The maximum absolute atomic E-state index is 12.6. The molecule has 0 radical (unpaired) electrons. The van der Waals surface area contributed by atoms with Crippen molar-refractivity contribution < 1.29 is 14.7 Å². The number of nitrogens with one attached hydrogen (secondary N) is 1. The Bertz CT molecular complexity index is 583. The van der Waals surface area contributed by atoms with Crippen molar-refractivity contribution >= 4 is 23.3 Å². The van der Waals surface area contributed by atoms with Gasteiger partial charge in [0.05, 0.1) is 11.4 Å². The fourth-order valence-electron chi connectivity index (χ4n) is 2.72. The molecule has 5 nitrogen and oxygen atoms in total. The van der Waals surface area contributed by atoms with Crippen LogP contribution in [-0.4, -0.2) is 29.1 Å². The largest absolute Gasteiger partial charge is 0.480 e. The molecule has 1 heterocycles. The van der Waals surface area contributed by atoms with Crippen LogP contribution < -0.4 is 10.2 Å². The lowest BCUT2D eigenvalue weighted by atomic mass is 9.99. The van der Waals surface area contributed by atoms with Crippen molar-refractivity contribution in [1.82, 2.24) is 0 Å². The highest BCUT2D eigenvalue weighted by Crippen LogP contribution is 2.36. The zero-order chi connectivity index (χ0) is 15.7. The van der Waals surface area contributed by atoms with Crippen LogP contribution in [0.4, 0.5) is 11.4 Å². The van der Waals surface area contributed by atoms with Crippen LogP contribution >= 0.6 is 0 Å². The Hall–Kier alpha value is -2.04. The van der Waals surface area contributed by atoms with Crippen molar-refractivity contribution in [1.29, 1.82) is 0 Å². The summed E-state index contributed by atoms with van der Waals surface area (Å²) in [5.74, 6) is -1.13. The fourth-order valence-corrected chi connectivity index (χ4v) is 2.72. The second-order valence-corrected chi connectivity index (χ2v) is 5.53. The normalized spacial score (nSPS) is 19.0. The first-order chi connectivity index (χ1) is 9.90. The smallest absolute Gasteiger partial charge is 0.326 e. The van der Waals surface area contributed by atoms with Gasteiger partial charge in [0.2, 0.25) is 5.91 Å². The molecule has 1 aromatic rings. The maximum Gasteiger partial charge on any atom is 0.326 e. The van der Waals surface area contributed by atoms with E-state index in [1.54, 1.807) is 6.92 Å². The average Bonchev–Trinajstić information content (AvgIpc) is 2.43. The Morgan fingerprint density at radius 3 is 2.48 bits per heavy atom. The number of amides is 1. The zero-order valence-electron chi connectivity index (χ0n) is 12.9. The van der Waals surface area contributed by atoms with Gasteiger partial charge in [-0.05, 0) is 49.9 Å². The standard InChI is InChI=1S/C16H22N2O3/c1-5-11-15(19)18(13(6-2)16(20)21)14-8-10(4)9(3)7-12(14)17-11/h7-8,11,13,17H,5-6H2,1-4H3,(H,20,21). The number of carbonyl (C=O) groups excluding carboxylic acids is 1. The number of benzene rings is 1. The van der Waals surface area contributed by atoms with Gasteiger partial charge >= 0.3 is 5.97 Å². The van der Waals surface area contributed by atoms with E-state index in [2.05, 4.69) is 5.32 Å². The monoisotopic (exact) mass is 290 g/mol. The molecule has 0 aliphatic carbocycles. The molecule has 1 aromatic carbocycles. The quantitative estimate of drug-likeness (QED) is 0.894. The highest BCUT2D eigenvalue weighted by atomic mass is 16.4. The Labute approximate surface area is 125 Å². The van der Waals surface area contributed by atoms with E-state index in [-0.39, 0.29) is 11.9 Å². The molecule has 0 fully saturated rings. The Balaban J connectivity index is 2.59. The van der Waals surface area contributed by atoms with E-state index in [0.29, 0.717) is 18.5 Å². The summed E-state index contributed by atoms with van der Waals surface area (Å²) in [4.78, 5) is 25.6. The van der Waals surface area contributed by atoms with Crippen molar-refractivity contribution in [3.05, 3.63) is 23.3 Å². The predicted molar refractivity (Wildman–Crippen MR) is 82.8 cm³/mol. The van der Waals surface area contributed by atoms with Gasteiger partial charge in [0, 0.05) is 0 Å². The maximum atomic E-state index is 12.6. The van der Waals surface area contributed by atoms with E-state index >= 15 is 0 Å². The Morgan fingerprint density at radius 1 is 1.33 bits per heavy atom. The second kappa shape index (κ2) is 5.76. The first kappa shape index (κ1) is 15.4. The topological polar surface area (TPSA) is 69.6 Å². The van der Waals surface area contributed by atoms with Gasteiger partial charge in [-0.2, -0.15) is 0 Å². The number of nitrogens with zero attached hydrogens (tertiary/aromatic N) is 1.